The molecule has 8 heteroatoms. The van der Waals surface area contributed by atoms with Gasteiger partial charge in [0.2, 0.25) is 5.91 Å². The highest BCUT2D eigenvalue weighted by Crippen LogP contribution is 2.31. The van der Waals surface area contributed by atoms with E-state index in [4.69, 9.17) is 4.74 Å². The minimum absolute atomic E-state index is 0.176. The Balaban J connectivity index is 1.70. The quantitative estimate of drug-likeness (QED) is 0.111. The maximum absolute atomic E-state index is 12.9. The van der Waals surface area contributed by atoms with Crippen molar-refractivity contribution in [2.45, 2.75) is 19.1 Å². The van der Waals surface area contributed by atoms with E-state index in [-0.39, 0.29) is 18.9 Å². The van der Waals surface area contributed by atoms with E-state index in [0.29, 0.717) is 5.69 Å². The van der Waals surface area contributed by atoms with Gasteiger partial charge in [-0.1, -0.05) is 70.5 Å². The molecule has 3 aromatic rings. The predicted molar refractivity (Wildman–Crippen MR) is 147 cm³/mol. The number of amides is 1. The number of ether oxygens (including phenoxy) is 1. The highest BCUT2D eigenvalue weighted by Gasteiger charge is 2.21. The van der Waals surface area contributed by atoms with Crippen molar-refractivity contribution in [3.63, 3.8) is 0 Å². The summed E-state index contributed by atoms with van der Waals surface area (Å²) in [5.74, 6) is -0.670. The lowest BCUT2D eigenvalue weighted by atomic mass is 10.1. The number of hydrogen-bond acceptors (Lipinski definition) is 4. The molecule has 0 saturated carbocycles. The molecule has 1 atom stereocenters. The molecule has 1 unspecified atom stereocenters. The summed E-state index contributed by atoms with van der Waals surface area (Å²) in [4.78, 5) is 25.2. The maximum Gasteiger partial charge on any atom is 0.329 e. The van der Waals surface area contributed by atoms with Crippen LogP contribution in [0.2, 0.25) is 0 Å². The third-order valence-corrected chi connectivity index (χ3v) is 7.50. The number of hydrogen-bond donors (Lipinski definition) is 2. The standard InChI is InChI=1S/C25H21Br2IN2O3/c26-18-14-20(27)24(28)22(15-18)30-21(25(32)33-16-17-8-3-1-4-9-17)12-7-13-23(31)29-19-10-5-2-6-11-19/h1-11,13-15,21,30H,12,16H2,(H,29,31). The van der Waals surface area contributed by atoms with E-state index >= 15 is 0 Å². The van der Waals surface area contributed by atoms with Crippen LogP contribution in [0.15, 0.2) is 93.9 Å². The Morgan fingerprint density at radius 3 is 2.36 bits per heavy atom. The van der Waals surface area contributed by atoms with Crippen molar-refractivity contribution in [2.75, 3.05) is 10.6 Å². The van der Waals surface area contributed by atoms with Gasteiger partial charge < -0.3 is 15.4 Å². The molecule has 0 aromatic heterocycles. The molecular weight excluding hydrogens is 663 g/mol. The molecule has 0 aliphatic rings. The van der Waals surface area contributed by atoms with E-state index in [1.807, 2.05) is 72.8 Å². The van der Waals surface area contributed by atoms with Gasteiger partial charge in [0.05, 0.1) is 9.26 Å². The fourth-order valence-corrected chi connectivity index (χ4v) is 4.60. The van der Waals surface area contributed by atoms with Crippen molar-refractivity contribution < 1.29 is 14.3 Å². The Morgan fingerprint density at radius 2 is 1.67 bits per heavy atom. The molecule has 2 N–H and O–H groups in total. The number of esters is 1. The number of benzene rings is 3. The second-order valence-corrected chi connectivity index (χ2v) is 9.88. The largest absolute Gasteiger partial charge is 0.459 e. The molecule has 0 bridgehead atoms. The van der Waals surface area contributed by atoms with Gasteiger partial charge >= 0.3 is 5.97 Å². The lowest BCUT2D eigenvalue weighted by molar-refractivity contribution is -0.145. The average molecular weight is 684 g/mol. The van der Waals surface area contributed by atoms with Crippen LogP contribution in [-0.4, -0.2) is 17.9 Å². The fraction of sp³-hybridized carbons (Fsp3) is 0.120. The first kappa shape index (κ1) is 25.5. The zero-order chi connectivity index (χ0) is 23.6. The van der Waals surface area contributed by atoms with Crippen LogP contribution in [0.5, 0.6) is 0 Å². The monoisotopic (exact) mass is 682 g/mol. The first-order chi connectivity index (χ1) is 15.9. The molecule has 0 heterocycles. The van der Waals surface area contributed by atoms with Gasteiger partial charge in [0.15, 0.2) is 0 Å². The van der Waals surface area contributed by atoms with Crippen molar-refractivity contribution in [3.05, 3.63) is 103 Å². The summed E-state index contributed by atoms with van der Waals surface area (Å²) in [5, 5.41) is 6.05. The molecule has 170 valence electrons. The van der Waals surface area contributed by atoms with Crippen molar-refractivity contribution >= 4 is 77.7 Å². The van der Waals surface area contributed by atoms with Crippen LogP contribution in [0, 0.1) is 3.57 Å². The molecule has 5 nitrogen and oxygen atoms in total. The number of nitrogens with one attached hydrogen (secondary N) is 2. The predicted octanol–water partition coefficient (Wildman–Crippen LogP) is 6.93. The Morgan fingerprint density at radius 1 is 1.00 bits per heavy atom. The number of anilines is 2. The highest BCUT2D eigenvalue weighted by molar-refractivity contribution is 14.1. The molecular formula is C25H21Br2IN2O3. The van der Waals surface area contributed by atoms with Crippen molar-refractivity contribution in [3.8, 4) is 0 Å². The summed E-state index contributed by atoms with van der Waals surface area (Å²) < 4.78 is 8.25. The van der Waals surface area contributed by atoms with Crippen LogP contribution in [0.25, 0.3) is 0 Å². The minimum Gasteiger partial charge on any atom is -0.459 e. The van der Waals surface area contributed by atoms with E-state index < -0.39 is 12.0 Å². The second kappa shape index (κ2) is 12.9. The van der Waals surface area contributed by atoms with Gasteiger partial charge in [-0.3, -0.25) is 4.79 Å². The normalized spacial score (nSPS) is 11.7. The van der Waals surface area contributed by atoms with Crippen LogP contribution < -0.4 is 10.6 Å². The summed E-state index contributed by atoms with van der Waals surface area (Å²) in [6, 6.07) is 21.9. The topological polar surface area (TPSA) is 67.4 Å². The highest BCUT2D eigenvalue weighted by atomic mass is 127. The second-order valence-electron chi connectivity index (χ2n) is 7.03. The number of rotatable bonds is 9. The number of carbonyl (C=O) groups is 2. The van der Waals surface area contributed by atoms with Crippen LogP contribution in [-0.2, 0) is 20.9 Å². The minimum atomic E-state index is -0.677. The first-order valence-corrected chi connectivity index (χ1v) is 12.7. The molecule has 0 aliphatic heterocycles. The molecule has 0 spiro atoms. The van der Waals surface area contributed by atoms with E-state index in [1.165, 1.54) is 6.08 Å². The van der Waals surface area contributed by atoms with Crippen LogP contribution in [0.1, 0.15) is 12.0 Å². The summed E-state index contributed by atoms with van der Waals surface area (Å²) in [7, 11) is 0. The molecule has 0 radical (unpaired) electrons. The third-order valence-electron chi connectivity index (χ3n) is 4.51. The maximum atomic E-state index is 12.9. The van der Waals surface area contributed by atoms with Gasteiger partial charge in [0.25, 0.3) is 0 Å². The lowest BCUT2D eigenvalue weighted by Crippen LogP contribution is -2.31. The molecule has 0 aliphatic carbocycles. The number of carbonyl (C=O) groups excluding carboxylic acids is 2. The van der Waals surface area contributed by atoms with E-state index in [1.54, 1.807) is 6.08 Å². The van der Waals surface area contributed by atoms with Gasteiger partial charge in [-0.25, -0.2) is 4.79 Å². The Bertz CT molecular complexity index is 1130. The Hall–Kier alpha value is -2.17. The van der Waals surface area contributed by atoms with Gasteiger partial charge in [0.1, 0.15) is 12.6 Å². The van der Waals surface area contributed by atoms with Crippen molar-refractivity contribution in [1.82, 2.24) is 0 Å². The van der Waals surface area contributed by atoms with Crippen LogP contribution in [0.4, 0.5) is 11.4 Å². The van der Waals surface area contributed by atoms with E-state index in [2.05, 4.69) is 65.1 Å². The van der Waals surface area contributed by atoms with Gasteiger partial charge in [-0.05, 0) is 80.8 Å². The van der Waals surface area contributed by atoms with Crippen molar-refractivity contribution in [1.29, 1.82) is 0 Å². The summed E-state index contributed by atoms with van der Waals surface area (Å²) in [6.07, 6.45) is 3.36. The van der Waals surface area contributed by atoms with Crippen LogP contribution in [0.3, 0.4) is 0 Å². The molecule has 3 rings (SSSR count). The zero-order valence-electron chi connectivity index (χ0n) is 17.4. The first-order valence-electron chi connectivity index (χ1n) is 10.1. The number of para-hydroxylation sites is 1. The van der Waals surface area contributed by atoms with Crippen molar-refractivity contribution in [2.24, 2.45) is 0 Å². The molecule has 0 saturated heterocycles. The summed E-state index contributed by atoms with van der Waals surface area (Å²) in [5.41, 5.74) is 2.39. The zero-order valence-corrected chi connectivity index (χ0v) is 22.8. The summed E-state index contributed by atoms with van der Waals surface area (Å²) in [6.45, 7) is 0.176. The summed E-state index contributed by atoms with van der Waals surface area (Å²) >= 11 is 9.22. The smallest absolute Gasteiger partial charge is 0.329 e. The Kier molecular flexibility index (Phi) is 9.95. The van der Waals surface area contributed by atoms with Crippen LogP contribution >= 0.6 is 54.5 Å². The van der Waals surface area contributed by atoms with E-state index in [9.17, 15) is 9.59 Å². The number of halogens is 3. The SMILES string of the molecule is O=C(C=CCC(Nc1cc(Br)cc(Br)c1I)C(=O)OCc1ccccc1)Nc1ccccc1. The third kappa shape index (κ3) is 8.28. The molecule has 1 amide bonds. The molecule has 0 fully saturated rings. The fourth-order valence-electron chi connectivity index (χ4n) is 2.91. The van der Waals surface area contributed by atoms with Gasteiger partial charge in [-0.2, -0.15) is 0 Å². The van der Waals surface area contributed by atoms with E-state index in [0.717, 1.165) is 23.8 Å². The van der Waals surface area contributed by atoms with Gasteiger partial charge in [-0.15, -0.1) is 0 Å². The lowest BCUT2D eigenvalue weighted by Gasteiger charge is -2.19. The average Bonchev–Trinajstić information content (AvgIpc) is 2.81. The van der Waals surface area contributed by atoms with Gasteiger partial charge in [0, 0.05) is 14.6 Å². The Labute approximate surface area is 223 Å². The molecule has 33 heavy (non-hydrogen) atoms. The molecule has 3 aromatic carbocycles.